The maximum absolute atomic E-state index is 11.7. The Morgan fingerprint density at radius 2 is 2.00 bits per heavy atom. The molecule has 2 aromatic rings. The van der Waals surface area contributed by atoms with Crippen LogP contribution in [0.3, 0.4) is 0 Å². The average molecular weight is 250 g/mol. The van der Waals surface area contributed by atoms with E-state index in [4.69, 9.17) is 11.6 Å². The number of nitrogens with one attached hydrogen (secondary N) is 2. The van der Waals surface area contributed by atoms with Crippen molar-refractivity contribution in [2.45, 2.75) is 0 Å². The van der Waals surface area contributed by atoms with Crippen LogP contribution in [0.1, 0.15) is 10.5 Å². The van der Waals surface area contributed by atoms with Gasteiger partial charge in [0.25, 0.3) is 5.91 Å². The topological polar surface area (TPSA) is 74.8 Å². The van der Waals surface area contributed by atoms with Crippen LogP contribution in [0.15, 0.2) is 41.2 Å². The van der Waals surface area contributed by atoms with E-state index in [2.05, 4.69) is 15.3 Å². The van der Waals surface area contributed by atoms with E-state index in [1.807, 2.05) is 0 Å². The lowest BCUT2D eigenvalue weighted by molar-refractivity contribution is 0.102. The van der Waals surface area contributed by atoms with Gasteiger partial charge in [-0.1, -0.05) is 23.7 Å². The highest BCUT2D eigenvalue weighted by molar-refractivity contribution is 6.29. The first-order valence-electron chi connectivity index (χ1n) is 4.78. The van der Waals surface area contributed by atoms with Crippen LogP contribution < -0.4 is 10.9 Å². The van der Waals surface area contributed by atoms with E-state index in [9.17, 15) is 9.59 Å². The molecular formula is C11H8ClN3O2. The zero-order chi connectivity index (χ0) is 12.3. The second-order valence-electron chi connectivity index (χ2n) is 3.23. The zero-order valence-electron chi connectivity index (χ0n) is 8.61. The molecule has 1 amide bonds. The normalized spacial score (nSPS) is 9.94. The fourth-order valence-corrected chi connectivity index (χ4v) is 1.41. The van der Waals surface area contributed by atoms with Gasteiger partial charge < -0.3 is 10.3 Å². The molecule has 0 saturated heterocycles. The number of nitrogens with zero attached hydrogens (tertiary/aromatic N) is 1. The molecule has 0 aliphatic rings. The Balaban J connectivity index is 2.20. The lowest BCUT2D eigenvalue weighted by Crippen LogP contribution is -2.18. The van der Waals surface area contributed by atoms with Gasteiger partial charge in [0, 0.05) is 6.07 Å². The zero-order valence-corrected chi connectivity index (χ0v) is 9.36. The summed E-state index contributed by atoms with van der Waals surface area (Å²) in [5, 5.41) is 2.80. The monoisotopic (exact) mass is 249 g/mol. The van der Waals surface area contributed by atoms with Gasteiger partial charge in [0.15, 0.2) is 0 Å². The fraction of sp³-hybridized carbons (Fsp3) is 0. The summed E-state index contributed by atoms with van der Waals surface area (Å²) >= 11 is 5.68. The molecule has 0 aliphatic heterocycles. The fourth-order valence-electron chi connectivity index (χ4n) is 1.24. The molecule has 0 atom stereocenters. The lowest BCUT2D eigenvalue weighted by Gasteiger charge is -2.03. The van der Waals surface area contributed by atoms with Gasteiger partial charge in [-0.2, -0.15) is 0 Å². The Morgan fingerprint density at radius 3 is 2.71 bits per heavy atom. The third-order valence-electron chi connectivity index (χ3n) is 1.97. The molecule has 0 spiro atoms. The molecule has 2 aromatic heterocycles. The molecule has 6 heteroatoms. The maximum atomic E-state index is 11.7. The number of carbonyl (C=O) groups excluding carboxylic acids is 1. The number of pyridine rings is 2. The Hall–Kier alpha value is -2.14. The number of carbonyl (C=O) groups is 1. The van der Waals surface area contributed by atoms with Crippen molar-refractivity contribution in [3.8, 4) is 0 Å². The smallest absolute Gasteiger partial charge is 0.273 e. The minimum Gasteiger partial charge on any atom is -0.318 e. The van der Waals surface area contributed by atoms with E-state index in [0.717, 1.165) is 0 Å². The van der Waals surface area contributed by atoms with E-state index >= 15 is 0 Å². The lowest BCUT2D eigenvalue weighted by atomic mass is 10.3. The number of halogens is 1. The molecule has 2 rings (SSSR count). The standard InChI is InChI=1S/C11H8ClN3O2/c12-8-4-2-5-9(14-8)15-11(17)7-3-1-6-10(16)13-7/h1-6H,(H,13,16)(H,14,15,17). The Labute approximate surface area is 101 Å². The summed E-state index contributed by atoms with van der Waals surface area (Å²) in [6, 6.07) is 9.19. The largest absolute Gasteiger partial charge is 0.318 e. The van der Waals surface area contributed by atoms with E-state index in [1.165, 1.54) is 18.2 Å². The van der Waals surface area contributed by atoms with Gasteiger partial charge in [0.2, 0.25) is 5.56 Å². The Kier molecular flexibility index (Phi) is 3.20. The van der Waals surface area contributed by atoms with Gasteiger partial charge in [-0.25, -0.2) is 4.98 Å². The number of H-pyrrole nitrogens is 1. The van der Waals surface area contributed by atoms with Crippen molar-refractivity contribution in [2.75, 3.05) is 5.32 Å². The maximum Gasteiger partial charge on any atom is 0.273 e. The van der Waals surface area contributed by atoms with Gasteiger partial charge in [0.1, 0.15) is 16.7 Å². The van der Waals surface area contributed by atoms with Crippen LogP contribution in [0.4, 0.5) is 5.82 Å². The summed E-state index contributed by atoms with van der Waals surface area (Å²) in [6.07, 6.45) is 0. The van der Waals surface area contributed by atoms with Gasteiger partial charge in [-0.3, -0.25) is 9.59 Å². The van der Waals surface area contributed by atoms with E-state index < -0.39 is 5.91 Å². The van der Waals surface area contributed by atoms with Gasteiger partial charge in [0.05, 0.1) is 0 Å². The van der Waals surface area contributed by atoms with Crippen LogP contribution in [0, 0.1) is 0 Å². The van der Waals surface area contributed by atoms with E-state index in [-0.39, 0.29) is 16.4 Å². The molecule has 0 aromatic carbocycles. The van der Waals surface area contributed by atoms with Gasteiger partial charge >= 0.3 is 0 Å². The van der Waals surface area contributed by atoms with Crippen molar-refractivity contribution in [1.29, 1.82) is 0 Å². The SMILES string of the molecule is O=C(Nc1cccc(Cl)n1)c1cccc(=O)[nH]1. The summed E-state index contributed by atoms with van der Waals surface area (Å²) in [5.41, 5.74) is -0.170. The number of rotatable bonds is 2. The number of hydrogen-bond acceptors (Lipinski definition) is 3. The molecule has 2 heterocycles. The molecule has 2 N–H and O–H groups in total. The minimum atomic E-state index is -0.447. The predicted molar refractivity (Wildman–Crippen MR) is 64.3 cm³/mol. The number of hydrogen-bond donors (Lipinski definition) is 2. The first-order valence-corrected chi connectivity index (χ1v) is 5.16. The highest BCUT2D eigenvalue weighted by atomic mass is 35.5. The third-order valence-corrected chi connectivity index (χ3v) is 2.18. The molecule has 17 heavy (non-hydrogen) atoms. The molecule has 0 unspecified atom stereocenters. The van der Waals surface area contributed by atoms with Crippen LogP contribution in [-0.4, -0.2) is 15.9 Å². The first kappa shape index (κ1) is 11.3. The molecule has 0 aliphatic carbocycles. The van der Waals surface area contributed by atoms with Gasteiger partial charge in [-0.05, 0) is 18.2 Å². The Morgan fingerprint density at radius 1 is 1.24 bits per heavy atom. The Bertz CT molecular complexity index is 609. The molecule has 0 fully saturated rings. The number of amides is 1. The summed E-state index contributed by atoms with van der Waals surface area (Å²) in [6.45, 7) is 0. The molecule has 0 saturated carbocycles. The highest BCUT2D eigenvalue weighted by Crippen LogP contribution is 2.09. The second-order valence-corrected chi connectivity index (χ2v) is 3.62. The molecule has 86 valence electrons. The number of anilines is 1. The van der Waals surface area contributed by atoms with Crippen LogP contribution >= 0.6 is 11.6 Å². The number of aromatic nitrogens is 2. The van der Waals surface area contributed by atoms with Gasteiger partial charge in [-0.15, -0.1) is 0 Å². The minimum absolute atomic E-state index is 0.166. The summed E-state index contributed by atoms with van der Waals surface area (Å²) in [4.78, 5) is 29.1. The van der Waals surface area contributed by atoms with Crippen molar-refractivity contribution in [3.63, 3.8) is 0 Å². The molecule has 0 radical (unpaired) electrons. The van der Waals surface area contributed by atoms with Crippen molar-refractivity contribution < 1.29 is 4.79 Å². The third kappa shape index (κ3) is 2.92. The molecule has 0 bridgehead atoms. The predicted octanol–water partition coefficient (Wildman–Crippen LogP) is 1.68. The molecular weight excluding hydrogens is 242 g/mol. The summed E-state index contributed by atoms with van der Waals surface area (Å²) in [5.74, 6) is -0.121. The number of aromatic amines is 1. The second kappa shape index (κ2) is 4.80. The van der Waals surface area contributed by atoms with Crippen LogP contribution in [0.5, 0.6) is 0 Å². The van der Waals surface area contributed by atoms with Crippen molar-refractivity contribution in [2.24, 2.45) is 0 Å². The summed E-state index contributed by atoms with van der Waals surface area (Å²) < 4.78 is 0. The summed E-state index contributed by atoms with van der Waals surface area (Å²) in [7, 11) is 0. The van der Waals surface area contributed by atoms with E-state index in [0.29, 0.717) is 5.82 Å². The van der Waals surface area contributed by atoms with Crippen molar-refractivity contribution in [3.05, 3.63) is 57.6 Å². The van der Waals surface area contributed by atoms with Crippen LogP contribution in [0.2, 0.25) is 5.15 Å². The van der Waals surface area contributed by atoms with E-state index in [1.54, 1.807) is 18.2 Å². The average Bonchev–Trinajstić information content (AvgIpc) is 2.29. The van der Waals surface area contributed by atoms with Crippen molar-refractivity contribution >= 4 is 23.3 Å². The van der Waals surface area contributed by atoms with Crippen LogP contribution in [-0.2, 0) is 0 Å². The van der Waals surface area contributed by atoms with Crippen molar-refractivity contribution in [1.82, 2.24) is 9.97 Å². The molecule has 5 nitrogen and oxygen atoms in total. The quantitative estimate of drug-likeness (QED) is 0.795. The first-order chi connectivity index (χ1) is 8.15. The van der Waals surface area contributed by atoms with Crippen LogP contribution in [0.25, 0.3) is 0 Å². The highest BCUT2D eigenvalue weighted by Gasteiger charge is 2.07.